The predicted molar refractivity (Wildman–Crippen MR) is 128 cm³/mol. The first kappa shape index (κ1) is 23.0. The van der Waals surface area contributed by atoms with Gasteiger partial charge >= 0.3 is 0 Å². The van der Waals surface area contributed by atoms with Crippen LogP contribution in [0.1, 0.15) is 44.4 Å². The monoisotopic (exact) mass is 449 g/mol. The van der Waals surface area contributed by atoms with Gasteiger partial charge in [0.2, 0.25) is 0 Å². The zero-order chi connectivity index (χ0) is 21.4. The van der Waals surface area contributed by atoms with Gasteiger partial charge in [-0.1, -0.05) is 6.42 Å². The van der Waals surface area contributed by atoms with Crippen molar-refractivity contribution >= 4 is 17.7 Å². The lowest BCUT2D eigenvalue weighted by Crippen LogP contribution is -2.56. The van der Waals surface area contributed by atoms with Gasteiger partial charge in [-0.3, -0.25) is 14.8 Å². The van der Waals surface area contributed by atoms with Crippen molar-refractivity contribution in [2.24, 2.45) is 4.99 Å². The molecule has 0 radical (unpaired) electrons. The molecule has 8 heteroatoms. The number of likely N-dealkylation sites (tertiary alicyclic amines) is 1. The van der Waals surface area contributed by atoms with Crippen LogP contribution in [0.4, 0.5) is 0 Å². The normalized spacial score (nSPS) is 27.3. The fraction of sp³-hybridized carbons (Fsp3) is 0.783. The summed E-state index contributed by atoms with van der Waals surface area (Å²) in [5.41, 5.74) is 0.171. The minimum absolute atomic E-state index is 0.171. The second-order valence-corrected chi connectivity index (χ2v) is 9.94. The predicted octanol–water partition coefficient (Wildman–Crippen LogP) is 2.57. The first-order chi connectivity index (χ1) is 15.3. The van der Waals surface area contributed by atoms with E-state index in [0.717, 1.165) is 70.7 Å². The summed E-state index contributed by atoms with van der Waals surface area (Å²) in [4.78, 5) is 10.3. The van der Waals surface area contributed by atoms with E-state index in [1.54, 1.807) is 6.26 Å². The maximum absolute atomic E-state index is 5.81. The minimum atomic E-state index is 0.171. The van der Waals surface area contributed by atoms with E-state index in [4.69, 9.17) is 14.1 Å². The summed E-state index contributed by atoms with van der Waals surface area (Å²) in [6.07, 6.45) is 6.87. The molecule has 4 rings (SSSR count). The topological polar surface area (TPSA) is 65.3 Å². The molecule has 7 nitrogen and oxygen atoms in total. The molecule has 0 spiro atoms. The van der Waals surface area contributed by atoms with Crippen molar-refractivity contribution in [2.45, 2.75) is 44.2 Å². The summed E-state index contributed by atoms with van der Waals surface area (Å²) in [5.74, 6) is 4.35. The van der Waals surface area contributed by atoms with Gasteiger partial charge in [-0.15, -0.1) is 0 Å². The van der Waals surface area contributed by atoms with Crippen molar-refractivity contribution in [3.05, 3.63) is 24.2 Å². The number of piperidine rings is 1. The van der Waals surface area contributed by atoms with E-state index < -0.39 is 0 Å². The van der Waals surface area contributed by atoms with Crippen LogP contribution in [-0.4, -0.2) is 91.8 Å². The molecule has 3 saturated heterocycles. The molecule has 2 atom stereocenters. The van der Waals surface area contributed by atoms with Gasteiger partial charge in [-0.25, -0.2) is 0 Å². The minimum Gasteiger partial charge on any atom is -0.468 e. The molecular weight excluding hydrogens is 410 g/mol. The number of morpholine rings is 1. The highest BCUT2D eigenvalue weighted by atomic mass is 32.2. The molecule has 31 heavy (non-hydrogen) atoms. The van der Waals surface area contributed by atoms with Gasteiger partial charge in [0.05, 0.1) is 37.6 Å². The third-order valence-corrected chi connectivity index (χ3v) is 8.04. The van der Waals surface area contributed by atoms with Gasteiger partial charge in [-0.05, 0) is 57.2 Å². The average molecular weight is 450 g/mol. The fourth-order valence-corrected chi connectivity index (χ4v) is 6.46. The molecular formula is C23H39N5O2S. The van der Waals surface area contributed by atoms with Crippen LogP contribution in [-0.2, 0) is 4.74 Å². The molecule has 0 aliphatic carbocycles. The van der Waals surface area contributed by atoms with E-state index in [1.165, 1.54) is 37.2 Å². The van der Waals surface area contributed by atoms with E-state index in [-0.39, 0.29) is 11.6 Å². The highest BCUT2D eigenvalue weighted by Gasteiger charge is 2.40. The number of furan rings is 1. The molecule has 3 aliphatic rings. The van der Waals surface area contributed by atoms with Crippen molar-refractivity contribution in [2.75, 3.05) is 70.5 Å². The summed E-state index contributed by atoms with van der Waals surface area (Å²) in [7, 11) is 0. The highest BCUT2D eigenvalue weighted by molar-refractivity contribution is 7.99. The maximum Gasteiger partial charge on any atom is 0.191 e. The van der Waals surface area contributed by atoms with Crippen molar-refractivity contribution in [1.82, 2.24) is 20.4 Å². The van der Waals surface area contributed by atoms with Crippen LogP contribution in [0, 0.1) is 0 Å². The molecule has 1 aromatic heterocycles. The van der Waals surface area contributed by atoms with Gasteiger partial charge in [0, 0.05) is 31.9 Å². The Balaban J connectivity index is 1.42. The van der Waals surface area contributed by atoms with Crippen LogP contribution >= 0.6 is 11.8 Å². The van der Waals surface area contributed by atoms with Crippen LogP contribution in [0.15, 0.2) is 27.8 Å². The molecule has 2 unspecified atom stereocenters. The number of thioether (sulfide) groups is 1. The molecule has 0 aromatic carbocycles. The molecule has 3 aliphatic heterocycles. The molecule has 0 saturated carbocycles. The summed E-state index contributed by atoms with van der Waals surface area (Å²) in [6.45, 7) is 10.6. The quantitative estimate of drug-likeness (QED) is 0.467. The summed E-state index contributed by atoms with van der Waals surface area (Å²) in [6, 6.07) is 4.35. The molecule has 174 valence electrons. The number of hydrogen-bond acceptors (Lipinski definition) is 6. The van der Waals surface area contributed by atoms with E-state index in [2.05, 4.69) is 45.2 Å². The van der Waals surface area contributed by atoms with Crippen LogP contribution in [0.2, 0.25) is 0 Å². The Morgan fingerprint density at radius 2 is 2.03 bits per heavy atom. The Morgan fingerprint density at radius 1 is 1.19 bits per heavy atom. The average Bonchev–Trinajstić information content (AvgIpc) is 3.52. The van der Waals surface area contributed by atoms with Crippen LogP contribution < -0.4 is 10.6 Å². The fourth-order valence-electron chi connectivity index (χ4n) is 4.99. The Kier molecular flexibility index (Phi) is 8.58. The largest absolute Gasteiger partial charge is 0.468 e. The van der Waals surface area contributed by atoms with E-state index in [0.29, 0.717) is 0 Å². The van der Waals surface area contributed by atoms with Gasteiger partial charge in [-0.2, -0.15) is 11.8 Å². The third-order valence-electron chi connectivity index (χ3n) is 6.81. The number of hydrogen-bond donors (Lipinski definition) is 2. The first-order valence-electron chi connectivity index (χ1n) is 12.0. The lowest BCUT2D eigenvalue weighted by molar-refractivity contribution is -0.0104. The molecule has 0 amide bonds. The Bertz CT molecular complexity index is 666. The SMILES string of the molecule is CCNC(=NCC1(N2CCOCC2)CCSC1)NCC(c1ccco1)N1CCCCC1. The van der Waals surface area contributed by atoms with Crippen molar-refractivity contribution in [3.8, 4) is 0 Å². The molecule has 2 N–H and O–H groups in total. The Hall–Kier alpha value is -1.22. The van der Waals surface area contributed by atoms with Crippen molar-refractivity contribution in [1.29, 1.82) is 0 Å². The van der Waals surface area contributed by atoms with Crippen molar-refractivity contribution in [3.63, 3.8) is 0 Å². The number of aliphatic imine (C=N–C) groups is 1. The van der Waals surface area contributed by atoms with Gasteiger partial charge in [0.1, 0.15) is 5.76 Å². The van der Waals surface area contributed by atoms with E-state index in [9.17, 15) is 0 Å². The molecule has 1 aromatic rings. The Morgan fingerprint density at radius 3 is 2.71 bits per heavy atom. The number of guanidine groups is 1. The second-order valence-electron chi connectivity index (χ2n) is 8.83. The Labute approximate surface area is 191 Å². The highest BCUT2D eigenvalue weighted by Crippen LogP contribution is 2.34. The molecule has 4 heterocycles. The zero-order valence-electron chi connectivity index (χ0n) is 19.0. The lowest BCUT2D eigenvalue weighted by Gasteiger charge is -2.42. The molecule has 3 fully saturated rings. The maximum atomic E-state index is 5.81. The number of ether oxygens (including phenoxy) is 1. The first-order valence-corrected chi connectivity index (χ1v) is 13.2. The van der Waals surface area contributed by atoms with E-state index >= 15 is 0 Å². The van der Waals surface area contributed by atoms with Gasteiger partial charge in [0.25, 0.3) is 0 Å². The number of nitrogens with zero attached hydrogens (tertiary/aromatic N) is 3. The smallest absolute Gasteiger partial charge is 0.191 e. The zero-order valence-corrected chi connectivity index (χ0v) is 19.8. The number of rotatable bonds is 8. The third kappa shape index (κ3) is 5.97. The summed E-state index contributed by atoms with van der Waals surface area (Å²) in [5, 5.41) is 7.11. The van der Waals surface area contributed by atoms with E-state index in [1.807, 2.05) is 6.07 Å². The van der Waals surface area contributed by atoms with Crippen LogP contribution in [0.5, 0.6) is 0 Å². The second kappa shape index (κ2) is 11.6. The number of nitrogens with one attached hydrogen (secondary N) is 2. The summed E-state index contributed by atoms with van der Waals surface area (Å²) >= 11 is 2.06. The van der Waals surface area contributed by atoms with Gasteiger partial charge in [0.15, 0.2) is 5.96 Å². The van der Waals surface area contributed by atoms with Crippen LogP contribution in [0.3, 0.4) is 0 Å². The van der Waals surface area contributed by atoms with Crippen molar-refractivity contribution < 1.29 is 9.15 Å². The van der Waals surface area contributed by atoms with Gasteiger partial charge < -0.3 is 19.8 Å². The standard InChI is InChI=1S/C23H39N5O2S/c1-2-24-22(26-18-23(8-16-31-19-23)28-11-14-29-15-12-28)25-17-20(21-7-6-13-30-21)27-9-4-3-5-10-27/h6-7,13,20H,2-5,8-12,14-19H2,1H3,(H2,24,25,26). The molecule has 0 bridgehead atoms. The lowest BCUT2D eigenvalue weighted by atomic mass is 9.96. The summed E-state index contributed by atoms with van der Waals surface area (Å²) < 4.78 is 11.4. The van der Waals surface area contributed by atoms with Crippen LogP contribution in [0.25, 0.3) is 0 Å².